The molecular formula is C37H40N6O5. The van der Waals surface area contributed by atoms with Crippen molar-refractivity contribution < 1.29 is 23.9 Å². The second-order valence-electron chi connectivity index (χ2n) is 11.5. The minimum atomic E-state index is -0.694. The fourth-order valence-electron chi connectivity index (χ4n) is 5.56. The summed E-state index contributed by atoms with van der Waals surface area (Å²) in [6.07, 6.45) is 2.25. The van der Waals surface area contributed by atoms with Crippen molar-refractivity contribution in [3.63, 3.8) is 0 Å². The lowest BCUT2D eigenvalue weighted by molar-refractivity contribution is -0.121. The van der Waals surface area contributed by atoms with E-state index in [1.807, 2.05) is 48.5 Å². The first-order chi connectivity index (χ1) is 23.2. The first-order valence-electron chi connectivity index (χ1n) is 15.8. The lowest BCUT2D eigenvalue weighted by Gasteiger charge is -2.32. The molecule has 1 aliphatic rings. The van der Waals surface area contributed by atoms with Gasteiger partial charge in [-0.25, -0.2) is 4.79 Å². The predicted molar refractivity (Wildman–Crippen MR) is 189 cm³/mol. The van der Waals surface area contributed by atoms with E-state index in [0.717, 1.165) is 31.6 Å². The minimum Gasteiger partial charge on any atom is -0.482 e. The molecule has 0 aliphatic carbocycles. The normalized spacial score (nSPS) is 12.2. The van der Waals surface area contributed by atoms with E-state index in [1.165, 1.54) is 19.6 Å². The van der Waals surface area contributed by atoms with Crippen LogP contribution in [0.3, 0.4) is 0 Å². The highest BCUT2D eigenvalue weighted by atomic mass is 16.5. The fourth-order valence-corrected chi connectivity index (χ4v) is 5.56. The Morgan fingerprint density at radius 1 is 0.667 bits per heavy atom. The molecule has 0 unspecified atom stereocenters. The molecule has 11 heteroatoms. The number of carbonyl (C=O) groups excluding carboxylic acids is 4. The number of ether oxygens (including phenoxy) is 1. The highest BCUT2D eigenvalue weighted by molar-refractivity contribution is 6.11. The van der Waals surface area contributed by atoms with Crippen molar-refractivity contribution in [3.05, 3.63) is 109 Å². The lowest BCUT2D eigenvalue weighted by atomic mass is 10.2. The van der Waals surface area contributed by atoms with E-state index in [4.69, 9.17) is 10.5 Å². The number of anilines is 5. The Labute approximate surface area is 280 Å². The smallest absolute Gasteiger partial charge is 0.329 e. The van der Waals surface area contributed by atoms with Gasteiger partial charge >= 0.3 is 6.03 Å². The Morgan fingerprint density at radius 3 is 1.92 bits per heavy atom. The molecule has 0 bridgehead atoms. The SMILES string of the molecule is CN(C(=O)CN(C(=O)CN(C(=O)N(C)c1cccc(N2CCCC2)c1)c1ccccc1)c1ccccc1OCC(N)=O)c1ccccc1. The fraction of sp³-hybridized carbons (Fsp3) is 0.243. The molecule has 1 fully saturated rings. The van der Waals surface area contributed by atoms with E-state index >= 15 is 0 Å². The lowest BCUT2D eigenvalue weighted by Crippen LogP contribution is -2.50. The Bertz CT molecular complexity index is 1730. The van der Waals surface area contributed by atoms with E-state index in [0.29, 0.717) is 17.1 Å². The van der Waals surface area contributed by atoms with Gasteiger partial charge in [0.15, 0.2) is 6.61 Å². The molecule has 4 aromatic rings. The summed E-state index contributed by atoms with van der Waals surface area (Å²) >= 11 is 0. The topological polar surface area (TPSA) is 120 Å². The molecule has 0 saturated carbocycles. The molecule has 1 heterocycles. The number of urea groups is 1. The molecule has 5 amide bonds. The summed E-state index contributed by atoms with van der Waals surface area (Å²) in [6, 6.07) is 31.9. The molecule has 1 saturated heterocycles. The quantitative estimate of drug-likeness (QED) is 0.233. The summed E-state index contributed by atoms with van der Waals surface area (Å²) < 4.78 is 5.66. The van der Waals surface area contributed by atoms with Gasteiger partial charge in [-0.3, -0.25) is 29.1 Å². The van der Waals surface area contributed by atoms with Gasteiger partial charge in [-0.1, -0.05) is 54.6 Å². The predicted octanol–water partition coefficient (Wildman–Crippen LogP) is 4.91. The summed E-state index contributed by atoms with van der Waals surface area (Å²) in [4.78, 5) is 61.8. The minimum absolute atomic E-state index is 0.188. The number of hydrogen-bond acceptors (Lipinski definition) is 6. The zero-order valence-electron chi connectivity index (χ0n) is 27.2. The number of primary amides is 1. The summed E-state index contributed by atoms with van der Waals surface area (Å²) in [5, 5.41) is 0. The van der Waals surface area contributed by atoms with Crippen LogP contribution in [0, 0.1) is 0 Å². The highest BCUT2D eigenvalue weighted by Crippen LogP contribution is 2.30. The monoisotopic (exact) mass is 648 g/mol. The largest absolute Gasteiger partial charge is 0.482 e. The van der Waals surface area contributed by atoms with Crippen LogP contribution in [0.4, 0.5) is 33.2 Å². The Morgan fingerprint density at radius 2 is 1.25 bits per heavy atom. The van der Waals surface area contributed by atoms with E-state index in [-0.39, 0.29) is 23.9 Å². The number of benzene rings is 4. The van der Waals surface area contributed by atoms with Gasteiger partial charge in [-0.2, -0.15) is 0 Å². The Hall–Kier alpha value is -5.84. The molecule has 48 heavy (non-hydrogen) atoms. The third kappa shape index (κ3) is 8.11. The van der Waals surface area contributed by atoms with Gasteiger partial charge in [0.05, 0.1) is 5.69 Å². The summed E-state index contributed by atoms with van der Waals surface area (Å²) in [7, 11) is 3.30. The van der Waals surface area contributed by atoms with Gasteiger partial charge in [0.25, 0.3) is 5.91 Å². The van der Waals surface area contributed by atoms with Gasteiger partial charge in [0.2, 0.25) is 11.8 Å². The van der Waals surface area contributed by atoms with Crippen LogP contribution >= 0.6 is 0 Å². The van der Waals surface area contributed by atoms with Crippen LogP contribution in [0.25, 0.3) is 0 Å². The molecule has 0 spiro atoms. The first kappa shape index (κ1) is 33.5. The van der Waals surface area contributed by atoms with Crippen LogP contribution in [0.1, 0.15) is 12.8 Å². The van der Waals surface area contributed by atoms with Gasteiger partial charge in [0, 0.05) is 49.9 Å². The molecule has 0 radical (unpaired) electrons. The van der Waals surface area contributed by atoms with Gasteiger partial charge in [0.1, 0.15) is 18.8 Å². The van der Waals surface area contributed by atoms with Crippen LogP contribution in [0.5, 0.6) is 5.75 Å². The van der Waals surface area contributed by atoms with E-state index in [2.05, 4.69) is 4.90 Å². The van der Waals surface area contributed by atoms with Crippen LogP contribution in [0.2, 0.25) is 0 Å². The Balaban J connectivity index is 1.47. The van der Waals surface area contributed by atoms with Crippen molar-refractivity contribution in [3.8, 4) is 5.75 Å². The number of para-hydroxylation sites is 4. The van der Waals surface area contributed by atoms with Crippen LogP contribution in [-0.2, 0) is 14.4 Å². The standard InChI is InChI=1S/C37H40N6O5/c1-39(28-14-5-3-6-15-28)35(45)25-43(32-20-9-10-21-33(32)48-27-34(38)44)36(46)26-42(29-16-7-4-8-17-29)37(47)40(2)30-18-13-19-31(24-30)41-22-11-12-23-41/h3-10,13-21,24H,11-12,22-23,25-27H2,1-2H3,(H2,38,44). The van der Waals surface area contributed by atoms with Crippen molar-refractivity contribution in [2.75, 3.05) is 71.4 Å². The van der Waals surface area contributed by atoms with Crippen molar-refractivity contribution in [1.82, 2.24) is 0 Å². The second-order valence-corrected chi connectivity index (χ2v) is 11.5. The summed E-state index contributed by atoms with van der Waals surface area (Å²) in [5.41, 5.74) is 8.46. The van der Waals surface area contributed by atoms with Crippen LogP contribution in [-0.4, -0.2) is 70.6 Å². The average molecular weight is 649 g/mol. The molecule has 0 aromatic heterocycles. The maximum Gasteiger partial charge on any atom is 0.329 e. The number of rotatable bonds is 12. The molecule has 2 N–H and O–H groups in total. The van der Waals surface area contributed by atoms with Crippen molar-refractivity contribution in [2.24, 2.45) is 5.73 Å². The zero-order valence-corrected chi connectivity index (χ0v) is 27.2. The molecule has 1 aliphatic heterocycles. The van der Waals surface area contributed by atoms with Crippen molar-refractivity contribution in [1.29, 1.82) is 0 Å². The average Bonchev–Trinajstić information content (AvgIpc) is 3.67. The van der Waals surface area contributed by atoms with E-state index < -0.39 is 31.0 Å². The third-order valence-electron chi connectivity index (χ3n) is 8.21. The zero-order chi connectivity index (χ0) is 34.0. The number of hydrogen-bond donors (Lipinski definition) is 1. The summed E-state index contributed by atoms with van der Waals surface area (Å²) in [6.45, 7) is 0.735. The number of carbonyl (C=O) groups is 4. The Kier molecular flexibility index (Phi) is 10.9. The van der Waals surface area contributed by atoms with Gasteiger partial charge in [-0.05, 0) is 67.4 Å². The second kappa shape index (κ2) is 15.6. The molecule has 4 aromatic carbocycles. The molecule has 11 nitrogen and oxygen atoms in total. The molecular weight excluding hydrogens is 608 g/mol. The van der Waals surface area contributed by atoms with Gasteiger partial charge in [-0.15, -0.1) is 0 Å². The number of nitrogens with zero attached hydrogens (tertiary/aromatic N) is 5. The van der Waals surface area contributed by atoms with Gasteiger partial charge < -0.3 is 20.3 Å². The number of likely N-dealkylation sites (N-methyl/N-ethyl adjacent to an activating group) is 1. The first-order valence-corrected chi connectivity index (χ1v) is 15.8. The van der Waals surface area contributed by atoms with Crippen LogP contribution in [0.15, 0.2) is 109 Å². The molecule has 248 valence electrons. The van der Waals surface area contributed by atoms with Crippen molar-refractivity contribution in [2.45, 2.75) is 12.8 Å². The molecule has 0 atom stereocenters. The maximum atomic E-state index is 14.4. The number of amides is 5. The van der Waals surface area contributed by atoms with E-state index in [9.17, 15) is 19.2 Å². The van der Waals surface area contributed by atoms with Crippen molar-refractivity contribution >= 4 is 52.2 Å². The number of nitrogens with two attached hydrogens (primary N) is 1. The maximum absolute atomic E-state index is 14.4. The summed E-state index contributed by atoms with van der Waals surface area (Å²) in [5.74, 6) is -1.43. The highest BCUT2D eigenvalue weighted by Gasteiger charge is 2.30. The third-order valence-corrected chi connectivity index (χ3v) is 8.21. The molecule has 5 rings (SSSR count). The van der Waals surface area contributed by atoms with E-state index in [1.54, 1.807) is 74.8 Å². The van der Waals surface area contributed by atoms with Crippen LogP contribution < -0.4 is 35.0 Å².